The van der Waals surface area contributed by atoms with E-state index in [2.05, 4.69) is 11.4 Å². The Morgan fingerprint density at radius 1 is 1.08 bits per heavy atom. The van der Waals surface area contributed by atoms with Gasteiger partial charge in [-0.05, 0) is 63.2 Å². The quantitative estimate of drug-likeness (QED) is 0.348. The molecule has 3 aromatic rings. The first kappa shape index (κ1) is 28.9. The van der Waals surface area contributed by atoms with Crippen LogP contribution in [0.2, 0.25) is 10.0 Å². The Kier molecular flexibility index (Phi) is 9.34. The van der Waals surface area contributed by atoms with Gasteiger partial charge in [0.2, 0.25) is 5.91 Å². The molecule has 2 aromatic carbocycles. The van der Waals surface area contributed by atoms with E-state index in [-0.39, 0.29) is 18.1 Å². The zero-order valence-electron chi connectivity index (χ0n) is 21.4. The van der Waals surface area contributed by atoms with Crippen molar-refractivity contribution in [3.05, 3.63) is 86.3 Å². The Balaban J connectivity index is 1.90. The van der Waals surface area contributed by atoms with Gasteiger partial charge in [-0.1, -0.05) is 23.2 Å². The van der Waals surface area contributed by atoms with Crippen molar-refractivity contribution < 1.29 is 19.1 Å². The van der Waals surface area contributed by atoms with Gasteiger partial charge in [0.15, 0.2) is 0 Å². The average molecular weight is 556 g/mol. The van der Waals surface area contributed by atoms with Crippen LogP contribution in [0.15, 0.2) is 59.5 Å². The third-order valence-corrected chi connectivity index (χ3v) is 5.98. The summed E-state index contributed by atoms with van der Waals surface area (Å²) in [5, 5.41) is 12.8. The number of esters is 1. The number of benzene rings is 2. The third-order valence-electron chi connectivity index (χ3n) is 5.45. The number of halogens is 2. The van der Waals surface area contributed by atoms with Crippen molar-refractivity contribution >= 4 is 40.8 Å². The highest BCUT2D eigenvalue weighted by Gasteiger charge is 2.24. The standard InChI is InChI=1S/C28H27Cl2N3O5/c1-28(2,3)38-27(36)17-6-9-20(10-7-17)32-26(35)24(11-12-37-4)33-16-23(30)22(14-25(33)34)21-13-19(29)8-5-18(21)15-31/h5-10,13-14,16,24H,11-12H2,1-4H3,(H,32,35). The summed E-state index contributed by atoms with van der Waals surface area (Å²) < 4.78 is 11.7. The molecule has 1 amide bonds. The maximum atomic E-state index is 13.3. The number of anilines is 1. The average Bonchev–Trinajstić information content (AvgIpc) is 2.85. The smallest absolute Gasteiger partial charge is 0.338 e. The summed E-state index contributed by atoms with van der Waals surface area (Å²) in [6.07, 6.45) is 1.56. The van der Waals surface area contributed by atoms with Gasteiger partial charge in [-0.25, -0.2) is 4.79 Å². The Morgan fingerprint density at radius 2 is 1.76 bits per heavy atom. The van der Waals surface area contributed by atoms with E-state index in [0.717, 1.165) is 0 Å². The maximum absolute atomic E-state index is 13.3. The lowest BCUT2D eigenvalue weighted by Crippen LogP contribution is -2.33. The molecule has 0 aliphatic rings. The van der Waals surface area contributed by atoms with Crippen LogP contribution >= 0.6 is 23.2 Å². The molecule has 8 nitrogen and oxygen atoms in total. The molecule has 1 unspecified atom stereocenters. The molecule has 0 aliphatic heterocycles. The lowest BCUT2D eigenvalue weighted by atomic mass is 10.0. The maximum Gasteiger partial charge on any atom is 0.338 e. The molecule has 38 heavy (non-hydrogen) atoms. The van der Waals surface area contributed by atoms with Crippen LogP contribution in [-0.2, 0) is 14.3 Å². The molecule has 1 heterocycles. The minimum absolute atomic E-state index is 0.167. The largest absolute Gasteiger partial charge is 0.456 e. The van der Waals surface area contributed by atoms with Crippen LogP contribution in [-0.4, -0.2) is 35.8 Å². The molecule has 1 N–H and O–H groups in total. The molecule has 198 valence electrons. The summed E-state index contributed by atoms with van der Waals surface area (Å²) >= 11 is 12.6. The zero-order chi connectivity index (χ0) is 28.0. The molecule has 10 heteroatoms. The zero-order valence-corrected chi connectivity index (χ0v) is 22.9. The second-order valence-corrected chi connectivity index (χ2v) is 10.3. The van der Waals surface area contributed by atoms with E-state index in [9.17, 15) is 19.6 Å². The first-order valence-corrected chi connectivity index (χ1v) is 12.4. The van der Waals surface area contributed by atoms with Crippen molar-refractivity contribution in [2.45, 2.75) is 38.8 Å². The van der Waals surface area contributed by atoms with E-state index in [4.69, 9.17) is 32.7 Å². The molecule has 1 atom stereocenters. The van der Waals surface area contributed by atoms with Crippen molar-refractivity contribution in [1.29, 1.82) is 5.26 Å². The number of aromatic nitrogens is 1. The van der Waals surface area contributed by atoms with Crippen LogP contribution in [0, 0.1) is 11.3 Å². The van der Waals surface area contributed by atoms with E-state index in [1.165, 1.54) is 23.9 Å². The number of ether oxygens (including phenoxy) is 2. The molecule has 0 radical (unpaired) electrons. The molecular formula is C28H27Cl2N3O5. The van der Waals surface area contributed by atoms with Gasteiger partial charge in [-0.3, -0.25) is 9.59 Å². The van der Waals surface area contributed by atoms with Crippen molar-refractivity contribution in [1.82, 2.24) is 4.57 Å². The lowest BCUT2D eigenvalue weighted by molar-refractivity contribution is -0.119. The van der Waals surface area contributed by atoms with Gasteiger partial charge >= 0.3 is 5.97 Å². The van der Waals surface area contributed by atoms with Crippen LogP contribution in [0.1, 0.15) is 49.2 Å². The second-order valence-electron chi connectivity index (χ2n) is 9.45. The fourth-order valence-electron chi connectivity index (χ4n) is 3.69. The van der Waals surface area contributed by atoms with Crippen LogP contribution in [0.3, 0.4) is 0 Å². The molecule has 0 bridgehead atoms. The van der Waals surface area contributed by atoms with E-state index in [1.807, 2.05) is 0 Å². The fourth-order valence-corrected chi connectivity index (χ4v) is 4.12. The van der Waals surface area contributed by atoms with Crippen molar-refractivity contribution in [3.8, 4) is 17.2 Å². The highest BCUT2D eigenvalue weighted by molar-refractivity contribution is 6.34. The van der Waals surface area contributed by atoms with Crippen LogP contribution in [0.5, 0.6) is 0 Å². The number of nitriles is 1. The van der Waals surface area contributed by atoms with E-state index in [1.54, 1.807) is 63.2 Å². The monoisotopic (exact) mass is 555 g/mol. The van der Waals surface area contributed by atoms with Gasteiger partial charge in [0.25, 0.3) is 5.56 Å². The van der Waals surface area contributed by atoms with Crippen molar-refractivity contribution in [3.63, 3.8) is 0 Å². The van der Waals surface area contributed by atoms with Crippen LogP contribution in [0.25, 0.3) is 11.1 Å². The highest BCUT2D eigenvalue weighted by atomic mass is 35.5. The summed E-state index contributed by atoms with van der Waals surface area (Å²) in [4.78, 5) is 38.7. The van der Waals surface area contributed by atoms with Gasteiger partial charge in [0.05, 0.1) is 22.2 Å². The first-order valence-electron chi connectivity index (χ1n) is 11.7. The minimum Gasteiger partial charge on any atom is -0.456 e. The first-order chi connectivity index (χ1) is 17.9. The summed E-state index contributed by atoms with van der Waals surface area (Å²) in [5.41, 5.74) is 0.684. The Hall–Kier alpha value is -3.64. The SMILES string of the molecule is COCCC(C(=O)Nc1ccc(C(=O)OC(C)(C)C)cc1)n1cc(Cl)c(-c2cc(Cl)ccc2C#N)cc1=O. The third kappa shape index (κ3) is 7.23. The molecule has 3 rings (SSSR count). The molecule has 0 saturated carbocycles. The van der Waals surface area contributed by atoms with Gasteiger partial charge in [-0.2, -0.15) is 5.26 Å². The minimum atomic E-state index is -0.950. The number of hydrogen-bond donors (Lipinski definition) is 1. The number of carbonyl (C=O) groups is 2. The lowest BCUT2D eigenvalue weighted by Gasteiger charge is -2.21. The molecule has 0 spiro atoms. The number of rotatable bonds is 8. The summed E-state index contributed by atoms with van der Waals surface area (Å²) in [5.74, 6) is -0.952. The number of nitrogens with zero attached hydrogens (tertiary/aromatic N) is 2. The van der Waals surface area contributed by atoms with Gasteiger partial charge < -0.3 is 19.4 Å². The molecule has 0 aliphatic carbocycles. The molecule has 0 saturated heterocycles. The summed E-state index contributed by atoms with van der Waals surface area (Å²) in [7, 11) is 1.49. The Morgan fingerprint density at radius 3 is 2.37 bits per heavy atom. The van der Waals surface area contributed by atoms with E-state index >= 15 is 0 Å². The predicted octanol–water partition coefficient (Wildman–Crippen LogP) is 5.87. The Labute approximate surface area is 230 Å². The Bertz CT molecular complexity index is 1440. The topological polar surface area (TPSA) is 110 Å². The number of pyridine rings is 1. The van der Waals surface area contributed by atoms with E-state index < -0.39 is 29.1 Å². The highest BCUT2D eigenvalue weighted by Crippen LogP contribution is 2.32. The van der Waals surface area contributed by atoms with Gasteiger partial charge in [-0.15, -0.1) is 0 Å². The molecular weight excluding hydrogens is 529 g/mol. The molecule has 1 aromatic heterocycles. The molecule has 0 fully saturated rings. The van der Waals surface area contributed by atoms with Crippen LogP contribution in [0.4, 0.5) is 5.69 Å². The summed E-state index contributed by atoms with van der Waals surface area (Å²) in [6, 6.07) is 13.3. The second kappa shape index (κ2) is 12.3. The normalized spacial score (nSPS) is 11.9. The van der Waals surface area contributed by atoms with Crippen molar-refractivity contribution in [2.24, 2.45) is 0 Å². The van der Waals surface area contributed by atoms with E-state index in [0.29, 0.717) is 33.0 Å². The van der Waals surface area contributed by atoms with Crippen molar-refractivity contribution in [2.75, 3.05) is 19.0 Å². The number of amides is 1. The van der Waals surface area contributed by atoms with Gasteiger partial charge in [0, 0.05) is 54.2 Å². The number of hydrogen-bond acceptors (Lipinski definition) is 6. The predicted molar refractivity (Wildman–Crippen MR) is 147 cm³/mol. The number of methoxy groups -OCH3 is 1. The fraction of sp³-hybridized carbons (Fsp3) is 0.286. The van der Waals surface area contributed by atoms with Gasteiger partial charge in [0.1, 0.15) is 11.6 Å². The van der Waals surface area contributed by atoms with Crippen LogP contribution < -0.4 is 10.9 Å². The number of nitrogens with one attached hydrogen (secondary N) is 1. The number of carbonyl (C=O) groups excluding carboxylic acids is 2. The summed E-state index contributed by atoms with van der Waals surface area (Å²) in [6.45, 7) is 5.53.